The molecule has 8 nitrogen and oxygen atoms in total. The van der Waals surface area contributed by atoms with E-state index in [1.807, 2.05) is 30.3 Å². The molecule has 1 atom stereocenters. The zero-order valence-corrected chi connectivity index (χ0v) is 16.9. The van der Waals surface area contributed by atoms with Gasteiger partial charge >= 0.3 is 0 Å². The summed E-state index contributed by atoms with van der Waals surface area (Å²) in [6.07, 6.45) is -0.703. The fraction of sp³-hybridized carbons (Fsp3) is 0.619. The van der Waals surface area contributed by atoms with Crippen LogP contribution in [0.25, 0.3) is 0 Å². The highest BCUT2D eigenvalue weighted by molar-refractivity contribution is 5.20. The van der Waals surface area contributed by atoms with Crippen LogP contribution in [0.15, 0.2) is 30.3 Å². The minimum Gasteiger partial charge on any atom is -0.491 e. The van der Waals surface area contributed by atoms with Gasteiger partial charge in [0.25, 0.3) is 0 Å². The second kappa shape index (κ2) is 20.0. The smallest absolute Gasteiger partial charge is 0.119 e. The third-order valence-electron chi connectivity index (χ3n) is 3.42. The Hall–Kier alpha value is -1.26. The van der Waals surface area contributed by atoms with E-state index in [2.05, 4.69) is 0 Å². The van der Waals surface area contributed by atoms with E-state index < -0.39 is 6.10 Å². The molecule has 0 amide bonds. The summed E-state index contributed by atoms with van der Waals surface area (Å²) in [5.41, 5.74) is 0. The highest BCUT2D eigenvalue weighted by Crippen LogP contribution is 2.07. The molecule has 0 aliphatic carbocycles. The third-order valence-corrected chi connectivity index (χ3v) is 3.42. The monoisotopic (exact) mass is 413 g/mol. The molecule has 0 saturated carbocycles. The van der Waals surface area contributed by atoms with Gasteiger partial charge in [-0.3, -0.25) is 0 Å². The summed E-state index contributed by atoms with van der Waals surface area (Å²) in [5, 5.41) is 9.43. The van der Waals surface area contributed by atoms with Gasteiger partial charge in [-0.15, -0.1) is 0 Å². The van der Waals surface area contributed by atoms with Gasteiger partial charge in [-0.25, -0.2) is 0 Å². The van der Waals surface area contributed by atoms with Crippen molar-refractivity contribution in [2.24, 2.45) is 0 Å². The maximum atomic E-state index is 9.43. The van der Waals surface area contributed by atoms with E-state index in [0.29, 0.717) is 66.1 Å². The minimum absolute atomic E-state index is 0.113. The van der Waals surface area contributed by atoms with Crippen LogP contribution in [-0.2, 0) is 28.4 Å². The van der Waals surface area contributed by atoms with Crippen LogP contribution in [0.3, 0.4) is 0 Å². The summed E-state index contributed by atoms with van der Waals surface area (Å²) < 4.78 is 37.1. The first-order valence-electron chi connectivity index (χ1n) is 9.72. The summed E-state index contributed by atoms with van der Waals surface area (Å²) in [5.74, 6) is 0.840. The number of para-hydroxylation sites is 1. The van der Waals surface area contributed by atoms with Crippen molar-refractivity contribution in [1.82, 2.24) is 0 Å². The Bertz CT molecular complexity index is 446. The van der Waals surface area contributed by atoms with Crippen LogP contribution in [0, 0.1) is 13.5 Å². The molecule has 165 valence electrons. The Morgan fingerprint density at radius 2 is 1.17 bits per heavy atom. The maximum Gasteiger partial charge on any atom is 0.119 e. The van der Waals surface area contributed by atoms with E-state index in [1.165, 1.54) is 0 Å². The lowest BCUT2D eigenvalue weighted by Gasteiger charge is -2.11. The molecule has 1 N–H and O–H groups in total. The lowest BCUT2D eigenvalue weighted by Crippen LogP contribution is -2.22. The minimum atomic E-state index is -0.703. The topological polar surface area (TPSA) is 84.8 Å². The molecular formula is C21H33O8. The van der Waals surface area contributed by atoms with Gasteiger partial charge < -0.3 is 38.3 Å². The maximum absolute atomic E-state index is 9.43. The Labute approximate surface area is 173 Å². The molecule has 0 spiro atoms. The summed E-state index contributed by atoms with van der Waals surface area (Å²) in [6.45, 7) is 11.2. The molecule has 1 rings (SSSR count). The molecule has 0 heterocycles. The van der Waals surface area contributed by atoms with Gasteiger partial charge in [0.2, 0.25) is 0 Å². The molecule has 0 fully saturated rings. The fourth-order valence-corrected chi connectivity index (χ4v) is 2.05. The number of rotatable bonds is 21. The normalized spacial score (nSPS) is 12.2. The van der Waals surface area contributed by atoms with Crippen LogP contribution < -0.4 is 4.74 Å². The van der Waals surface area contributed by atoms with E-state index in [4.69, 9.17) is 40.1 Å². The first-order valence-corrected chi connectivity index (χ1v) is 9.72. The SMILES string of the molecule is [CH][CH]OCC(O)COCCOCCOCCOCCOCCOc1ccccc1. The number of hydrogen-bond donors (Lipinski definition) is 1. The van der Waals surface area contributed by atoms with E-state index >= 15 is 0 Å². The third kappa shape index (κ3) is 17.3. The number of ether oxygens (including phenoxy) is 7. The second-order valence-corrected chi connectivity index (χ2v) is 5.81. The molecule has 0 saturated heterocycles. The number of aliphatic hydroxyl groups excluding tert-OH is 1. The summed E-state index contributed by atoms with van der Waals surface area (Å²) in [7, 11) is 0. The van der Waals surface area contributed by atoms with Crippen LogP contribution in [0.2, 0.25) is 0 Å². The second-order valence-electron chi connectivity index (χ2n) is 5.81. The molecular weight excluding hydrogens is 380 g/mol. The van der Waals surface area contributed by atoms with Crippen molar-refractivity contribution in [3.8, 4) is 5.75 Å². The Morgan fingerprint density at radius 3 is 1.69 bits per heavy atom. The van der Waals surface area contributed by atoms with Crippen molar-refractivity contribution < 1.29 is 38.3 Å². The number of benzene rings is 1. The molecule has 0 aliphatic heterocycles. The Kier molecular flexibility index (Phi) is 17.8. The molecule has 0 bridgehead atoms. The highest BCUT2D eigenvalue weighted by atomic mass is 16.6. The van der Waals surface area contributed by atoms with Gasteiger partial charge in [0.1, 0.15) is 18.5 Å². The zero-order chi connectivity index (χ0) is 20.8. The molecule has 3 radical (unpaired) electrons. The predicted octanol–water partition coefficient (Wildman–Crippen LogP) is 1.40. The van der Waals surface area contributed by atoms with Crippen molar-refractivity contribution in [3.05, 3.63) is 43.9 Å². The lowest BCUT2D eigenvalue weighted by atomic mass is 10.3. The van der Waals surface area contributed by atoms with E-state index in [0.717, 1.165) is 12.4 Å². The van der Waals surface area contributed by atoms with Gasteiger partial charge in [-0.1, -0.05) is 18.2 Å². The van der Waals surface area contributed by atoms with Crippen LogP contribution in [-0.4, -0.2) is 90.5 Å². The van der Waals surface area contributed by atoms with Crippen molar-refractivity contribution in [2.45, 2.75) is 6.10 Å². The number of aliphatic hydroxyl groups is 1. The summed E-state index contributed by atoms with van der Waals surface area (Å²) in [6, 6.07) is 9.63. The van der Waals surface area contributed by atoms with E-state index in [1.54, 1.807) is 0 Å². The van der Waals surface area contributed by atoms with Crippen LogP contribution in [0.1, 0.15) is 0 Å². The largest absolute Gasteiger partial charge is 0.491 e. The predicted molar refractivity (Wildman–Crippen MR) is 107 cm³/mol. The molecule has 8 heteroatoms. The van der Waals surface area contributed by atoms with Crippen molar-refractivity contribution in [3.63, 3.8) is 0 Å². The standard InChI is InChI=1S/C21H33O8/c1-2-23-18-20(22)19-28-15-14-26-11-10-24-8-9-25-12-13-27-16-17-29-21-6-4-3-5-7-21/h1-7,20,22H,8-19H2. The van der Waals surface area contributed by atoms with Gasteiger partial charge in [0.05, 0.1) is 79.3 Å². The molecule has 1 unspecified atom stereocenters. The first-order chi connectivity index (χ1) is 14.3. The highest BCUT2D eigenvalue weighted by Gasteiger charge is 2.03. The molecule has 1 aromatic rings. The van der Waals surface area contributed by atoms with Gasteiger partial charge in [-0.05, 0) is 19.1 Å². The van der Waals surface area contributed by atoms with E-state index in [9.17, 15) is 5.11 Å². The van der Waals surface area contributed by atoms with Crippen LogP contribution in [0.4, 0.5) is 0 Å². The fourth-order valence-electron chi connectivity index (χ4n) is 2.05. The van der Waals surface area contributed by atoms with Crippen LogP contribution in [0.5, 0.6) is 5.75 Å². The molecule has 29 heavy (non-hydrogen) atoms. The Morgan fingerprint density at radius 1 is 0.690 bits per heavy atom. The van der Waals surface area contributed by atoms with Gasteiger partial charge in [0, 0.05) is 0 Å². The quantitative estimate of drug-likeness (QED) is 0.303. The first kappa shape index (κ1) is 25.8. The average molecular weight is 413 g/mol. The average Bonchev–Trinajstić information content (AvgIpc) is 2.75. The lowest BCUT2D eigenvalue weighted by molar-refractivity contribution is -0.0323. The molecule has 0 aromatic heterocycles. The van der Waals surface area contributed by atoms with Gasteiger partial charge in [-0.2, -0.15) is 0 Å². The van der Waals surface area contributed by atoms with Gasteiger partial charge in [0.15, 0.2) is 0 Å². The van der Waals surface area contributed by atoms with E-state index in [-0.39, 0.29) is 13.2 Å². The number of hydrogen-bond acceptors (Lipinski definition) is 8. The van der Waals surface area contributed by atoms with Crippen molar-refractivity contribution in [1.29, 1.82) is 0 Å². The zero-order valence-electron chi connectivity index (χ0n) is 16.9. The van der Waals surface area contributed by atoms with Crippen LogP contribution >= 0.6 is 0 Å². The van der Waals surface area contributed by atoms with Crippen molar-refractivity contribution in [2.75, 3.05) is 79.3 Å². The Balaban J connectivity index is 1.70. The van der Waals surface area contributed by atoms with Crippen molar-refractivity contribution >= 4 is 0 Å². The molecule has 1 aromatic carbocycles. The summed E-state index contributed by atoms with van der Waals surface area (Å²) in [4.78, 5) is 0. The molecule has 0 aliphatic rings. The summed E-state index contributed by atoms with van der Waals surface area (Å²) >= 11 is 0.